The molecule has 2 aromatic rings. The molecule has 0 atom stereocenters. The lowest BCUT2D eigenvalue weighted by Crippen LogP contribution is -2.24. The van der Waals surface area contributed by atoms with Crippen molar-refractivity contribution < 1.29 is 23.1 Å². The highest BCUT2D eigenvalue weighted by Gasteiger charge is 2.18. The van der Waals surface area contributed by atoms with Crippen LogP contribution < -0.4 is 10.0 Å². The molecule has 0 aliphatic carbocycles. The maximum Gasteiger partial charge on any atom is 0.251 e. The topological polar surface area (TPSA) is 86.7 Å². The van der Waals surface area contributed by atoms with Crippen LogP contribution in [0, 0.1) is 0 Å². The Morgan fingerprint density at radius 1 is 1.13 bits per heavy atom. The number of ether oxygens (including phenoxy) is 1. The number of rotatable bonds is 6. The number of nitrogens with zero attached hydrogens (tertiary/aromatic N) is 1. The number of sulfone groups is 1. The molecule has 124 valence electrons. The van der Waals surface area contributed by atoms with Crippen molar-refractivity contribution in [3.63, 3.8) is 0 Å². The maximum absolute atomic E-state index is 12.5. The van der Waals surface area contributed by atoms with Crippen LogP contribution in [0.25, 0.3) is 10.8 Å². The molecule has 0 spiro atoms. The monoisotopic (exact) mass is 336 g/mol. The predicted octanol–water partition coefficient (Wildman–Crippen LogP) is 1.43. The normalized spacial score (nSPS) is 11.4. The summed E-state index contributed by atoms with van der Waals surface area (Å²) in [4.78, 5) is 12.3. The first-order valence-electron chi connectivity index (χ1n) is 7.08. The zero-order chi connectivity index (χ0) is 17.0. The van der Waals surface area contributed by atoms with E-state index >= 15 is 0 Å². The quantitative estimate of drug-likeness (QED) is 0.586. The Kier molecular flexibility index (Phi) is 5.10. The lowest BCUT2D eigenvalue weighted by molar-refractivity contribution is -0.282. The van der Waals surface area contributed by atoms with Gasteiger partial charge in [-0.3, -0.25) is 0 Å². The third-order valence-corrected chi connectivity index (χ3v) is 5.31. The molecule has 0 unspecified atom stereocenters. The standard InChI is InChI=1S/C16H19NO5S/c1-17(2)14-8-3-7-13-12(14)6-4-9-15(13)23(20,21)11-5-10-22-16(18)19/h3-4,6-9H,5,10-11H2,1-2H3,(H,18,19)/p-1. The van der Waals surface area contributed by atoms with Gasteiger partial charge in [0.15, 0.2) is 9.84 Å². The molecule has 0 aliphatic rings. The molecule has 2 rings (SSSR count). The van der Waals surface area contributed by atoms with E-state index in [9.17, 15) is 18.3 Å². The van der Waals surface area contributed by atoms with Crippen molar-refractivity contribution in [3.05, 3.63) is 36.4 Å². The van der Waals surface area contributed by atoms with Crippen molar-refractivity contribution in [1.29, 1.82) is 0 Å². The zero-order valence-corrected chi connectivity index (χ0v) is 13.8. The van der Waals surface area contributed by atoms with Gasteiger partial charge >= 0.3 is 0 Å². The van der Waals surface area contributed by atoms with Gasteiger partial charge in [-0.25, -0.2) is 8.42 Å². The Morgan fingerprint density at radius 3 is 2.43 bits per heavy atom. The predicted molar refractivity (Wildman–Crippen MR) is 86.3 cm³/mol. The lowest BCUT2D eigenvalue weighted by Gasteiger charge is -2.17. The summed E-state index contributed by atoms with van der Waals surface area (Å²) >= 11 is 0. The Morgan fingerprint density at radius 2 is 1.78 bits per heavy atom. The minimum Gasteiger partial charge on any atom is -0.550 e. The van der Waals surface area contributed by atoms with Gasteiger partial charge in [-0.1, -0.05) is 24.3 Å². The van der Waals surface area contributed by atoms with Gasteiger partial charge in [0.25, 0.3) is 6.16 Å². The van der Waals surface area contributed by atoms with Gasteiger partial charge in [0.2, 0.25) is 0 Å². The molecule has 0 aromatic heterocycles. The van der Waals surface area contributed by atoms with E-state index in [2.05, 4.69) is 4.74 Å². The first kappa shape index (κ1) is 17.1. The van der Waals surface area contributed by atoms with Gasteiger partial charge in [0, 0.05) is 37.2 Å². The molecule has 0 bridgehead atoms. The van der Waals surface area contributed by atoms with E-state index in [-0.39, 0.29) is 23.7 Å². The Bertz CT molecular complexity index is 814. The number of fused-ring (bicyclic) bond motifs is 1. The van der Waals surface area contributed by atoms with Crippen LogP contribution in [0.4, 0.5) is 10.5 Å². The Hall–Kier alpha value is -2.28. The summed E-state index contributed by atoms with van der Waals surface area (Å²) < 4.78 is 29.3. The van der Waals surface area contributed by atoms with Crippen molar-refractivity contribution in [2.24, 2.45) is 0 Å². The number of carbonyl (C=O) groups is 1. The summed E-state index contributed by atoms with van der Waals surface area (Å²) in [6.45, 7) is -0.199. The summed E-state index contributed by atoms with van der Waals surface area (Å²) in [5.74, 6) is -0.189. The molecule has 0 N–H and O–H groups in total. The van der Waals surface area contributed by atoms with Crippen LogP contribution in [0.3, 0.4) is 0 Å². The molecule has 2 aromatic carbocycles. The van der Waals surface area contributed by atoms with Crippen molar-refractivity contribution in [2.75, 3.05) is 31.4 Å². The van der Waals surface area contributed by atoms with Gasteiger partial charge in [-0.05, 0) is 18.6 Å². The molecular weight excluding hydrogens is 318 g/mol. The van der Waals surface area contributed by atoms with Crippen LogP contribution in [-0.2, 0) is 14.6 Å². The third kappa shape index (κ3) is 3.92. The van der Waals surface area contributed by atoms with E-state index < -0.39 is 16.0 Å². The number of benzene rings is 2. The van der Waals surface area contributed by atoms with E-state index in [0.717, 1.165) is 11.1 Å². The third-order valence-electron chi connectivity index (χ3n) is 3.45. The average Bonchev–Trinajstić information content (AvgIpc) is 2.50. The van der Waals surface area contributed by atoms with E-state index in [4.69, 9.17) is 0 Å². The first-order valence-corrected chi connectivity index (χ1v) is 8.74. The molecule has 0 amide bonds. The minimum atomic E-state index is -3.54. The summed E-state index contributed by atoms with van der Waals surface area (Å²) in [6.07, 6.45) is -1.57. The SMILES string of the molecule is CN(C)c1cccc2c(S(=O)(=O)CCCOC(=O)[O-])cccc12. The summed E-state index contributed by atoms with van der Waals surface area (Å²) in [6, 6.07) is 10.7. The van der Waals surface area contributed by atoms with Crippen molar-refractivity contribution in [2.45, 2.75) is 11.3 Å². The number of anilines is 1. The molecule has 0 fully saturated rings. The molecule has 0 saturated heterocycles. The van der Waals surface area contributed by atoms with Crippen LogP contribution >= 0.6 is 0 Å². The second-order valence-electron chi connectivity index (χ2n) is 5.29. The zero-order valence-electron chi connectivity index (χ0n) is 13.0. The molecule has 6 nitrogen and oxygen atoms in total. The summed E-state index contributed by atoms with van der Waals surface area (Å²) in [5, 5.41) is 11.7. The summed E-state index contributed by atoms with van der Waals surface area (Å²) in [5.41, 5.74) is 0.930. The van der Waals surface area contributed by atoms with E-state index in [1.54, 1.807) is 18.2 Å². The number of hydrogen-bond acceptors (Lipinski definition) is 6. The van der Waals surface area contributed by atoms with E-state index in [0.29, 0.717) is 5.39 Å². The molecular formula is C16H18NO5S-. The highest BCUT2D eigenvalue weighted by atomic mass is 32.2. The fourth-order valence-electron chi connectivity index (χ4n) is 2.44. The van der Waals surface area contributed by atoms with Crippen LogP contribution in [0.15, 0.2) is 41.3 Å². The van der Waals surface area contributed by atoms with E-state index in [1.807, 2.05) is 37.2 Å². The molecule has 23 heavy (non-hydrogen) atoms. The molecule has 0 heterocycles. The second-order valence-corrected chi connectivity index (χ2v) is 7.37. The largest absolute Gasteiger partial charge is 0.550 e. The lowest BCUT2D eigenvalue weighted by atomic mass is 10.1. The van der Waals surface area contributed by atoms with Crippen molar-refractivity contribution in [3.8, 4) is 0 Å². The highest BCUT2D eigenvalue weighted by Crippen LogP contribution is 2.30. The Balaban J connectivity index is 2.35. The minimum absolute atomic E-state index is 0.0834. The van der Waals surface area contributed by atoms with Crippen LogP contribution in [0.2, 0.25) is 0 Å². The van der Waals surface area contributed by atoms with Crippen LogP contribution in [0.1, 0.15) is 6.42 Å². The highest BCUT2D eigenvalue weighted by molar-refractivity contribution is 7.91. The van der Waals surface area contributed by atoms with Crippen LogP contribution in [0.5, 0.6) is 0 Å². The fourth-order valence-corrected chi connectivity index (χ4v) is 3.96. The Labute approximate surface area is 135 Å². The first-order chi connectivity index (χ1) is 10.8. The molecule has 0 radical (unpaired) electrons. The average molecular weight is 336 g/mol. The van der Waals surface area contributed by atoms with Gasteiger partial charge in [-0.15, -0.1) is 0 Å². The van der Waals surface area contributed by atoms with Gasteiger partial charge in [0.1, 0.15) is 0 Å². The summed E-state index contributed by atoms with van der Waals surface area (Å²) in [7, 11) is 0.253. The molecule has 0 saturated carbocycles. The maximum atomic E-state index is 12.5. The van der Waals surface area contributed by atoms with Gasteiger partial charge < -0.3 is 19.5 Å². The van der Waals surface area contributed by atoms with Gasteiger partial charge in [-0.2, -0.15) is 0 Å². The van der Waals surface area contributed by atoms with Crippen LogP contribution in [-0.4, -0.2) is 41.0 Å². The fraction of sp³-hybridized carbons (Fsp3) is 0.312. The van der Waals surface area contributed by atoms with Crippen molar-refractivity contribution >= 4 is 32.5 Å². The smallest absolute Gasteiger partial charge is 0.251 e. The number of carboxylic acid groups (broad SMARTS) is 1. The van der Waals surface area contributed by atoms with Gasteiger partial charge in [0.05, 0.1) is 10.6 Å². The number of carbonyl (C=O) groups excluding carboxylic acids is 1. The second kappa shape index (κ2) is 6.87. The molecule has 7 heteroatoms. The molecule has 0 aliphatic heterocycles. The van der Waals surface area contributed by atoms with E-state index in [1.165, 1.54) is 0 Å². The number of hydrogen-bond donors (Lipinski definition) is 0. The van der Waals surface area contributed by atoms with Crippen molar-refractivity contribution in [1.82, 2.24) is 0 Å².